The predicted octanol–water partition coefficient (Wildman–Crippen LogP) is 3.79. The van der Waals surface area contributed by atoms with Crippen LogP contribution in [0.5, 0.6) is 0 Å². The van der Waals surface area contributed by atoms with Crippen molar-refractivity contribution in [3.63, 3.8) is 0 Å². The smallest absolute Gasteiger partial charge is 0.243 e. The van der Waals surface area contributed by atoms with Gasteiger partial charge in [0.25, 0.3) is 0 Å². The van der Waals surface area contributed by atoms with Gasteiger partial charge in [-0.1, -0.05) is 62.9 Å². The van der Waals surface area contributed by atoms with Crippen LogP contribution in [-0.2, 0) is 4.79 Å². The summed E-state index contributed by atoms with van der Waals surface area (Å²) in [5.74, 6) is -0.00524. The Hall–Kier alpha value is -1.57. The summed E-state index contributed by atoms with van der Waals surface area (Å²) < 4.78 is 0. The topological polar surface area (TPSA) is 29.1 Å². The molecular weight excluding hydrogens is 222 g/mol. The fourth-order valence-corrected chi connectivity index (χ4v) is 1.74. The molecule has 1 aromatic carbocycles. The summed E-state index contributed by atoms with van der Waals surface area (Å²) in [4.78, 5) is 11.5. The fourth-order valence-electron chi connectivity index (χ4n) is 1.74. The molecule has 1 N–H and O–H groups in total. The first kappa shape index (κ1) is 14.5. The molecule has 0 unspecified atom stereocenters. The van der Waals surface area contributed by atoms with Gasteiger partial charge in [0.2, 0.25) is 5.91 Å². The van der Waals surface area contributed by atoms with Crippen LogP contribution in [0.25, 0.3) is 6.08 Å². The number of nitrogens with one attached hydrogen (secondary N) is 1. The minimum Gasteiger partial charge on any atom is -0.353 e. The molecule has 2 heteroatoms. The summed E-state index contributed by atoms with van der Waals surface area (Å²) in [7, 11) is 0. The molecule has 1 rings (SSSR count). The Morgan fingerprint density at radius 2 is 1.83 bits per heavy atom. The van der Waals surface area contributed by atoms with Crippen LogP contribution >= 0.6 is 0 Å². The average molecular weight is 245 g/mol. The van der Waals surface area contributed by atoms with Crippen molar-refractivity contribution >= 4 is 12.0 Å². The molecule has 0 saturated carbocycles. The van der Waals surface area contributed by atoms with Crippen molar-refractivity contribution in [1.82, 2.24) is 5.32 Å². The zero-order chi connectivity index (χ0) is 13.1. The number of rotatable bonds is 8. The summed E-state index contributed by atoms with van der Waals surface area (Å²) >= 11 is 0. The van der Waals surface area contributed by atoms with Gasteiger partial charge in [0.15, 0.2) is 0 Å². The van der Waals surface area contributed by atoms with Gasteiger partial charge in [-0.05, 0) is 18.1 Å². The second kappa shape index (κ2) is 9.46. The molecule has 1 amide bonds. The molecule has 18 heavy (non-hydrogen) atoms. The van der Waals surface area contributed by atoms with Crippen LogP contribution in [0, 0.1) is 0 Å². The Morgan fingerprint density at radius 3 is 2.56 bits per heavy atom. The van der Waals surface area contributed by atoms with Crippen LogP contribution in [0.3, 0.4) is 0 Å². The van der Waals surface area contributed by atoms with E-state index in [1.54, 1.807) is 6.08 Å². The molecule has 0 radical (unpaired) electrons. The van der Waals surface area contributed by atoms with E-state index in [4.69, 9.17) is 0 Å². The van der Waals surface area contributed by atoms with Gasteiger partial charge in [-0.25, -0.2) is 0 Å². The maximum absolute atomic E-state index is 11.5. The third kappa shape index (κ3) is 6.89. The van der Waals surface area contributed by atoms with Crippen molar-refractivity contribution in [3.05, 3.63) is 42.0 Å². The molecule has 0 atom stereocenters. The number of hydrogen-bond donors (Lipinski definition) is 1. The Kier molecular flexibility index (Phi) is 7.61. The number of amides is 1. The van der Waals surface area contributed by atoms with Crippen LogP contribution in [0.4, 0.5) is 0 Å². The molecule has 0 aliphatic carbocycles. The molecule has 0 aliphatic heterocycles. The second-order valence-corrected chi connectivity index (χ2v) is 4.45. The standard InChI is InChI=1S/C16H23NO/c1-2-3-4-5-9-14-17-16(18)13-12-15-10-7-6-8-11-15/h6-8,10-13H,2-5,9,14H2,1H3,(H,17,18)/b13-12+. The van der Waals surface area contributed by atoms with E-state index in [-0.39, 0.29) is 5.91 Å². The van der Waals surface area contributed by atoms with Crippen molar-refractivity contribution in [2.75, 3.05) is 6.54 Å². The lowest BCUT2D eigenvalue weighted by atomic mass is 10.1. The third-order valence-corrected chi connectivity index (χ3v) is 2.81. The summed E-state index contributed by atoms with van der Waals surface area (Å²) in [5, 5.41) is 2.90. The van der Waals surface area contributed by atoms with Crippen molar-refractivity contribution in [3.8, 4) is 0 Å². The van der Waals surface area contributed by atoms with Gasteiger partial charge in [-0.15, -0.1) is 0 Å². The Labute approximate surface area is 110 Å². The highest BCUT2D eigenvalue weighted by molar-refractivity contribution is 5.91. The average Bonchev–Trinajstić information content (AvgIpc) is 2.41. The van der Waals surface area contributed by atoms with Gasteiger partial charge in [0.05, 0.1) is 0 Å². The molecule has 0 heterocycles. The SMILES string of the molecule is CCCCCCCNC(=O)/C=C/c1ccccc1. The van der Waals surface area contributed by atoms with Crippen LogP contribution in [0.1, 0.15) is 44.6 Å². The highest BCUT2D eigenvalue weighted by Crippen LogP contribution is 2.02. The van der Waals surface area contributed by atoms with Crippen molar-refractivity contribution in [2.45, 2.75) is 39.0 Å². The van der Waals surface area contributed by atoms with E-state index in [9.17, 15) is 4.79 Å². The van der Waals surface area contributed by atoms with Crippen LogP contribution in [-0.4, -0.2) is 12.5 Å². The van der Waals surface area contributed by atoms with E-state index in [0.29, 0.717) is 0 Å². The van der Waals surface area contributed by atoms with E-state index < -0.39 is 0 Å². The van der Waals surface area contributed by atoms with Crippen molar-refractivity contribution < 1.29 is 4.79 Å². The Bertz CT molecular complexity index is 357. The van der Waals surface area contributed by atoms with E-state index in [1.165, 1.54) is 25.7 Å². The van der Waals surface area contributed by atoms with Gasteiger partial charge in [0, 0.05) is 12.6 Å². The largest absolute Gasteiger partial charge is 0.353 e. The first-order chi connectivity index (χ1) is 8.83. The molecule has 1 aromatic rings. The highest BCUT2D eigenvalue weighted by atomic mass is 16.1. The second-order valence-electron chi connectivity index (χ2n) is 4.45. The normalized spacial score (nSPS) is 10.7. The molecule has 0 bridgehead atoms. The molecule has 0 aliphatic rings. The highest BCUT2D eigenvalue weighted by Gasteiger charge is 1.94. The maximum Gasteiger partial charge on any atom is 0.243 e. The summed E-state index contributed by atoms with van der Waals surface area (Å²) in [5.41, 5.74) is 1.05. The number of unbranched alkanes of at least 4 members (excludes halogenated alkanes) is 4. The van der Waals surface area contributed by atoms with E-state index in [2.05, 4.69) is 12.2 Å². The maximum atomic E-state index is 11.5. The summed E-state index contributed by atoms with van der Waals surface area (Å²) in [6.07, 6.45) is 9.54. The van der Waals surface area contributed by atoms with Gasteiger partial charge in [-0.3, -0.25) is 4.79 Å². The first-order valence-corrected chi connectivity index (χ1v) is 6.84. The van der Waals surface area contributed by atoms with E-state index >= 15 is 0 Å². The lowest BCUT2D eigenvalue weighted by molar-refractivity contribution is -0.116. The monoisotopic (exact) mass is 245 g/mol. The lowest BCUT2D eigenvalue weighted by Gasteiger charge is -2.01. The third-order valence-electron chi connectivity index (χ3n) is 2.81. The number of carbonyl (C=O) groups is 1. The summed E-state index contributed by atoms with van der Waals surface area (Å²) in [6.45, 7) is 2.98. The van der Waals surface area contributed by atoms with Gasteiger partial charge < -0.3 is 5.32 Å². The van der Waals surface area contributed by atoms with Crippen molar-refractivity contribution in [2.24, 2.45) is 0 Å². The van der Waals surface area contributed by atoms with Crippen LogP contribution in [0.15, 0.2) is 36.4 Å². The molecule has 0 spiro atoms. The molecule has 0 saturated heterocycles. The number of benzene rings is 1. The minimum atomic E-state index is -0.00524. The Morgan fingerprint density at radius 1 is 1.11 bits per heavy atom. The molecule has 2 nitrogen and oxygen atoms in total. The summed E-state index contributed by atoms with van der Waals surface area (Å²) in [6, 6.07) is 9.85. The Balaban J connectivity index is 2.12. The van der Waals surface area contributed by atoms with Gasteiger partial charge in [0.1, 0.15) is 0 Å². The molecule has 98 valence electrons. The van der Waals surface area contributed by atoms with Gasteiger partial charge >= 0.3 is 0 Å². The van der Waals surface area contributed by atoms with E-state index in [1.807, 2.05) is 36.4 Å². The van der Waals surface area contributed by atoms with Crippen molar-refractivity contribution in [1.29, 1.82) is 0 Å². The molecule has 0 aromatic heterocycles. The molecular formula is C16H23NO. The lowest BCUT2D eigenvalue weighted by Crippen LogP contribution is -2.21. The van der Waals surface area contributed by atoms with Gasteiger partial charge in [-0.2, -0.15) is 0 Å². The number of carbonyl (C=O) groups excluding carboxylic acids is 1. The first-order valence-electron chi connectivity index (χ1n) is 6.84. The molecule has 0 fully saturated rings. The zero-order valence-corrected chi connectivity index (χ0v) is 11.2. The number of hydrogen-bond acceptors (Lipinski definition) is 1. The fraction of sp³-hybridized carbons (Fsp3) is 0.438. The van der Waals surface area contributed by atoms with E-state index in [0.717, 1.165) is 18.5 Å². The van der Waals surface area contributed by atoms with Crippen LogP contribution < -0.4 is 5.32 Å². The predicted molar refractivity (Wildman–Crippen MR) is 77.2 cm³/mol. The quantitative estimate of drug-likeness (QED) is 0.548. The minimum absolute atomic E-state index is 0.00524. The van der Waals surface area contributed by atoms with Crippen LogP contribution in [0.2, 0.25) is 0 Å². The zero-order valence-electron chi connectivity index (χ0n) is 11.2.